The predicted molar refractivity (Wildman–Crippen MR) is 98.2 cm³/mol. The minimum atomic E-state index is 0.395. The molecule has 1 heterocycles. The lowest BCUT2D eigenvalue weighted by atomic mass is 9.98. The zero-order chi connectivity index (χ0) is 15.5. The van der Waals surface area contributed by atoms with Gasteiger partial charge in [0.2, 0.25) is 0 Å². The van der Waals surface area contributed by atoms with Crippen LogP contribution in [0.3, 0.4) is 0 Å². The third-order valence-corrected chi connectivity index (χ3v) is 4.74. The molecule has 2 nitrogen and oxygen atoms in total. The smallest absolute Gasteiger partial charge is 0.169 e. The topological polar surface area (TPSA) is 15.3 Å². The zero-order valence-corrected chi connectivity index (χ0v) is 14.2. The summed E-state index contributed by atoms with van der Waals surface area (Å²) in [6.07, 6.45) is 3.53. The van der Waals surface area contributed by atoms with Crippen molar-refractivity contribution in [3.63, 3.8) is 0 Å². The van der Waals surface area contributed by atoms with Crippen LogP contribution in [0.15, 0.2) is 42.5 Å². The summed E-state index contributed by atoms with van der Waals surface area (Å²) in [7, 11) is 0. The van der Waals surface area contributed by atoms with Crippen LogP contribution in [0.25, 0.3) is 10.8 Å². The van der Waals surface area contributed by atoms with Crippen molar-refractivity contribution in [3.8, 4) is 0 Å². The van der Waals surface area contributed by atoms with Crippen LogP contribution < -0.4 is 5.32 Å². The molecule has 0 aromatic heterocycles. The molecule has 1 N–H and O–H groups in total. The number of benzene rings is 2. The molecular weight excluding hydrogens is 288 g/mol. The highest BCUT2D eigenvalue weighted by molar-refractivity contribution is 7.80. The van der Waals surface area contributed by atoms with Crippen molar-refractivity contribution in [1.29, 1.82) is 0 Å². The number of hydrogen-bond acceptors (Lipinski definition) is 1. The Bertz CT molecular complexity index is 660. The molecule has 0 saturated carbocycles. The number of hydrogen-bond donors (Lipinski definition) is 1. The number of likely N-dealkylation sites (tertiary alicyclic amines) is 1. The van der Waals surface area contributed by atoms with Crippen LogP contribution in [-0.4, -0.2) is 28.6 Å². The fraction of sp³-hybridized carbons (Fsp3) is 0.421. The van der Waals surface area contributed by atoms with Gasteiger partial charge in [-0.3, -0.25) is 0 Å². The van der Waals surface area contributed by atoms with Gasteiger partial charge in [0.1, 0.15) is 0 Å². The lowest BCUT2D eigenvalue weighted by molar-refractivity contribution is 0.378. The van der Waals surface area contributed by atoms with Crippen molar-refractivity contribution in [3.05, 3.63) is 48.0 Å². The van der Waals surface area contributed by atoms with Crippen molar-refractivity contribution >= 4 is 28.1 Å². The van der Waals surface area contributed by atoms with Gasteiger partial charge in [0, 0.05) is 18.6 Å². The van der Waals surface area contributed by atoms with Crippen LogP contribution in [0.4, 0.5) is 0 Å². The van der Waals surface area contributed by atoms with E-state index in [1.807, 2.05) is 0 Å². The molecule has 1 atom stereocenters. The molecule has 2 aromatic rings. The third-order valence-electron chi connectivity index (χ3n) is 4.39. The van der Waals surface area contributed by atoms with Crippen molar-refractivity contribution in [2.45, 2.75) is 45.2 Å². The Balaban J connectivity index is 1.80. The van der Waals surface area contributed by atoms with Crippen molar-refractivity contribution < 1.29 is 0 Å². The van der Waals surface area contributed by atoms with Gasteiger partial charge in [0.05, 0.1) is 0 Å². The second kappa shape index (κ2) is 6.66. The fourth-order valence-electron chi connectivity index (χ4n) is 3.37. The average molecular weight is 312 g/mol. The van der Waals surface area contributed by atoms with E-state index in [0.29, 0.717) is 12.1 Å². The van der Waals surface area contributed by atoms with E-state index < -0.39 is 0 Å². The summed E-state index contributed by atoms with van der Waals surface area (Å²) in [6.45, 7) is 5.36. The van der Waals surface area contributed by atoms with Crippen LogP contribution in [0, 0.1) is 0 Å². The molecule has 116 valence electrons. The first-order valence-electron chi connectivity index (χ1n) is 8.19. The summed E-state index contributed by atoms with van der Waals surface area (Å²) in [4.78, 5) is 2.39. The average Bonchev–Trinajstić information content (AvgIpc) is 2.95. The highest BCUT2D eigenvalue weighted by Crippen LogP contribution is 2.25. The lowest BCUT2D eigenvalue weighted by Crippen LogP contribution is -2.45. The normalized spacial score (nSPS) is 18.1. The maximum atomic E-state index is 5.59. The van der Waals surface area contributed by atoms with Gasteiger partial charge in [-0.1, -0.05) is 42.5 Å². The van der Waals surface area contributed by atoms with Crippen molar-refractivity contribution in [2.75, 3.05) is 6.54 Å². The quantitative estimate of drug-likeness (QED) is 0.858. The van der Waals surface area contributed by atoms with Crippen LogP contribution >= 0.6 is 12.2 Å². The number of nitrogens with one attached hydrogen (secondary N) is 1. The first-order valence-corrected chi connectivity index (χ1v) is 8.60. The summed E-state index contributed by atoms with van der Waals surface area (Å²) >= 11 is 5.59. The summed E-state index contributed by atoms with van der Waals surface area (Å²) in [5.74, 6) is 0. The molecule has 1 saturated heterocycles. The summed E-state index contributed by atoms with van der Waals surface area (Å²) in [5, 5.41) is 7.01. The van der Waals surface area contributed by atoms with Crippen LogP contribution in [-0.2, 0) is 6.42 Å². The predicted octanol–water partition coefficient (Wildman–Crippen LogP) is 4.13. The van der Waals surface area contributed by atoms with Gasteiger partial charge in [0.25, 0.3) is 0 Å². The molecule has 0 unspecified atom stereocenters. The first kappa shape index (κ1) is 15.3. The minimum absolute atomic E-state index is 0.395. The molecule has 2 aromatic carbocycles. The molecule has 1 fully saturated rings. The van der Waals surface area contributed by atoms with Gasteiger partial charge in [-0.15, -0.1) is 0 Å². The minimum Gasteiger partial charge on any atom is -0.360 e. The van der Waals surface area contributed by atoms with E-state index in [0.717, 1.165) is 18.1 Å². The molecule has 0 bridgehead atoms. The van der Waals surface area contributed by atoms with Gasteiger partial charge in [0.15, 0.2) is 5.11 Å². The molecule has 0 radical (unpaired) electrons. The van der Waals surface area contributed by atoms with Gasteiger partial charge in [-0.25, -0.2) is 0 Å². The maximum absolute atomic E-state index is 5.59. The van der Waals surface area contributed by atoms with Gasteiger partial charge < -0.3 is 10.2 Å². The highest BCUT2D eigenvalue weighted by atomic mass is 32.1. The Morgan fingerprint density at radius 3 is 2.82 bits per heavy atom. The first-order chi connectivity index (χ1) is 10.6. The van der Waals surface area contributed by atoms with E-state index in [1.54, 1.807) is 0 Å². The molecule has 3 heteroatoms. The van der Waals surface area contributed by atoms with E-state index >= 15 is 0 Å². The molecule has 1 aliphatic heterocycles. The number of thiocarbonyl (C=S) groups is 1. The lowest BCUT2D eigenvalue weighted by Gasteiger charge is -2.29. The summed E-state index contributed by atoms with van der Waals surface area (Å²) in [6, 6.07) is 16.2. The standard InChI is InChI=1S/C19H24N2S/c1-14(2)20-19(22)21-12-6-10-17(21)13-16-9-5-8-15-7-3-4-11-18(15)16/h3-5,7-9,11,14,17H,6,10,12-13H2,1-2H3,(H,20,22)/t17-/m0/s1. The summed E-state index contributed by atoms with van der Waals surface area (Å²) in [5.41, 5.74) is 1.43. The van der Waals surface area contributed by atoms with E-state index in [1.165, 1.54) is 29.2 Å². The number of fused-ring (bicyclic) bond motifs is 1. The molecule has 22 heavy (non-hydrogen) atoms. The van der Waals surface area contributed by atoms with Crippen LogP contribution in [0.2, 0.25) is 0 Å². The van der Waals surface area contributed by atoms with E-state index in [2.05, 4.69) is 66.5 Å². The van der Waals surface area contributed by atoms with E-state index in [9.17, 15) is 0 Å². The van der Waals surface area contributed by atoms with E-state index in [4.69, 9.17) is 12.2 Å². The second-order valence-corrected chi connectivity index (χ2v) is 6.82. The highest BCUT2D eigenvalue weighted by Gasteiger charge is 2.27. The number of rotatable bonds is 3. The van der Waals surface area contributed by atoms with Gasteiger partial charge in [-0.2, -0.15) is 0 Å². The number of nitrogens with zero attached hydrogens (tertiary/aromatic N) is 1. The molecular formula is C19H24N2S. The maximum Gasteiger partial charge on any atom is 0.169 e. The SMILES string of the molecule is CC(C)NC(=S)N1CCC[C@H]1Cc1cccc2ccccc12. The Hall–Kier alpha value is -1.61. The fourth-order valence-corrected chi connectivity index (χ4v) is 3.85. The van der Waals surface area contributed by atoms with Crippen LogP contribution in [0.5, 0.6) is 0 Å². The largest absolute Gasteiger partial charge is 0.360 e. The Labute approximate surface area is 138 Å². The molecule has 3 rings (SSSR count). The van der Waals surface area contributed by atoms with Gasteiger partial charge >= 0.3 is 0 Å². The Morgan fingerprint density at radius 2 is 2.00 bits per heavy atom. The Morgan fingerprint density at radius 1 is 1.23 bits per heavy atom. The van der Waals surface area contributed by atoms with Gasteiger partial charge in [-0.05, 0) is 61.7 Å². The molecule has 0 spiro atoms. The van der Waals surface area contributed by atoms with Crippen molar-refractivity contribution in [1.82, 2.24) is 10.2 Å². The molecule has 1 aliphatic rings. The summed E-state index contributed by atoms with van der Waals surface area (Å²) < 4.78 is 0. The third kappa shape index (κ3) is 3.25. The molecule has 0 amide bonds. The molecule has 0 aliphatic carbocycles. The second-order valence-electron chi connectivity index (χ2n) is 6.44. The monoisotopic (exact) mass is 312 g/mol. The van der Waals surface area contributed by atoms with Crippen LogP contribution in [0.1, 0.15) is 32.3 Å². The Kier molecular flexibility index (Phi) is 4.63. The zero-order valence-electron chi connectivity index (χ0n) is 13.4. The van der Waals surface area contributed by atoms with E-state index in [-0.39, 0.29) is 0 Å². The van der Waals surface area contributed by atoms with Crippen molar-refractivity contribution in [2.24, 2.45) is 0 Å².